The monoisotopic (exact) mass is 493 g/mol. The molecule has 0 atom stereocenters. The summed E-state index contributed by atoms with van der Waals surface area (Å²) in [6.07, 6.45) is 0. The molecule has 0 aliphatic rings. The summed E-state index contributed by atoms with van der Waals surface area (Å²) in [6, 6.07) is 19.2. The van der Waals surface area contributed by atoms with E-state index in [0.717, 1.165) is 11.1 Å². The quantitative estimate of drug-likeness (QED) is 0.458. The van der Waals surface area contributed by atoms with Gasteiger partial charge < -0.3 is 10.6 Å². The van der Waals surface area contributed by atoms with Crippen LogP contribution in [0.5, 0.6) is 0 Å². The van der Waals surface area contributed by atoms with Crippen LogP contribution in [-0.4, -0.2) is 37.6 Å². The predicted octanol–water partition coefficient (Wildman–Crippen LogP) is 4.52. The second-order valence-corrected chi connectivity index (χ2v) is 10.2. The second kappa shape index (κ2) is 11.3. The molecule has 0 radical (unpaired) electrons. The molecule has 0 aromatic heterocycles. The highest BCUT2D eigenvalue weighted by Gasteiger charge is 2.24. The maximum Gasteiger partial charge on any atom is 0.255 e. The molecule has 0 heterocycles. The molecule has 0 spiro atoms. The SMILES string of the molecule is CCN(CC)S(=O)(=O)c1cc(C(=O)NCc2cccc(NC(=O)c3ccc(C)cc3)c2)ccc1C. The molecule has 3 rings (SSSR count). The van der Waals surface area contributed by atoms with Crippen molar-refractivity contribution in [2.75, 3.05) is 18.4 Å². The third kappa shape index (κ3) is 6.35. The molecule has 0 bridgehead atoms. The van der Waals surface area contributed by atoms with Gasteiger partial charge >= 0.3 is 0 Å². The van der Waals surface area contributed by atoms with E-state index in [0.29, 0.717) is 29.9 Å². The fourth-order valence-electron chi connectivity index (χ4n) is 3.67. The van der Waals surface area contributed by atoms with E-state index in [2.05, 4.69) is 10.6 Å². The summed E-state index contributed by atoms with van der Waals surface area (Å²) in [6.45, 7) is 8.17. The molecule has 0 saturated heterocycles. The molecule has 0 fully saturated rings. The van der Waals surface area contributed by atoms with Gasteiger partial charge in [0.15, 0.2) is 0 Å². The van der Waals surface area contributed by atoms with Crippen LogP contribution in [0.25, 0.3) is 0 Å². The van der Waals surface area contributed by atoms with E-state index in [-0.39, 0.29) is 28.8 Å². The van der Waals surface area contributed by atoms with Gasteiger partial charge in [-0.15, -0.1) is 0 Å². The molecule has 7 nitrogen and oxygen atoms in total. The Bertz CT molecular complexity index is 1310. The Morgan fingerprint density at radius 1 is 0.829 bits per heavy atom. The zero-order chi connectivity index (χ0) is 25.6. The van der Waals surface area contributed by atoms with Crippen LogP contribution < -0.4 is 10.6 Å². The summed E-state index contributed by atoms with van der Waals surface area (Å²) in [7, 11) is -3.68. The van der Waals surface area contributed by atoms with Crippen LogP contribution in [0.3, 0.4) is 0 Å². The van der Waals surface area contributed by atoms with Crippen molar-refractivity contribution in [3.8, 4) is 0 Å². The van der Waals surface area contributed by atoms with Crippen molar-refractivity contribution >= 4 is 27.5 Å². The Morgan fingerprint density at radius 3 is 2.14 bits per heavy atom. The number of carbonyl (C=O) groups excluding carboxylic acids is 2. The smallest absolute Gasteiger partial charge is 0.255 e. The van der Waals surface area contributed by atoms with Gasteiger partial charge in [-0.2, -0.15) is 4.31 Å². The van der Waals surface area contributed by atoms with Crippen molar-refractivity contribution in [1.82, 2.24) is 9.62 Å². The first-order valence-electron chi connectivity index (χ1n) is 11.5. The second-order valence-electron chi connectivity index (χ2n) is 8.27. The number of carbonyl (C=O) groups is 2. The molecular weight excluding hydrogens is 462 g/mol. The summed E-state index contributed by atoms with van der Waals surface area (Å²) in [5.41, 5.74) is 3.90. The lowest BCUT2D eigenvalue weighted by Crippen LogP contribution is -2.31. The highest BCUT2D eigenvalue weighted by Crippen LogP contribution is 2.21. The lowest BCUT2D eigenvalue weighted by molar-refractivity contribution is 0.0949. The van der Waals surface area contributed by atoms with E-state index >= 15 is 0 Å². The molecule has 0 unspecified atom stereocenters. The van der Waals surface area contributed by atoms with E-state index in [9.17, 15) is 18.0 Å². The Labute approximate surface area is 207 Å². The third-order valence-electron chi connectivity index (χ3n) is 5.73. The summed E-state index contributed by atoms with van der Waals surface area (Å²) in [5, 5.41) is 5.70. The van der Waals surface area contributed by atoms with Crippen LogP contribution >= 0.6 is 0 Å². The van der Waals surface area contributed by atoms with E-state index in [1.807, 2.05) is 25.1 Å². The van der Waals surface area contributed by atoms with Crippen molar-refractivity contribution < 1.29 is 18.0 Å². The average Bonchev–Trinajstić information content (AvgIpc) is 2.84. The zero-order valence-electron chi connectivity index (χ0n) is 20.5. The molecule has 3 aromatic rings. The van der Waals surface area contributed by atoms with Crippen molar-refractivity contribution in [2.24, 2.45) is 0 Å². The first-order chi connectivity index (χ1) is 16.6. The highest BCUT2D eigenvalue weighted by atomic mass is 32.2. The molecule has 184 valence electrons. The number of hydrogen-bond acceptors (Lipinski definition) is 4. The van der Waals surface area contributed by atoms with E-state index in [1.165, 1.54) is 10.4 Å². The van der Waals surface area contributed by atoms with Crippen LogP contribution in [0.1, 0.15) is 51.3 Å². The van der Waals surface area contributed by atoms with Gasteiger partial charge in [-0.05, 0) is 61.4 Å². The van der Waals surface area contributed by atoms with Crippen LogP contribution in [0.4, 0.5) is 5.69 Å². The predicted molar refractivity (Wildman–Crippen MR) is 138 cm³/mol. The molecule has 0 aliphatic carbocycles. The molecule has 35 heavy (non-hydrogen) atoms. The van der Waals surface area contributed by atoms with Crippen molar-refractivity contribution in [3.05, 3.63) is 94.5 Å². The molecule has 3 aromatic carbocycles. The molecular formula is C27H31N3O4S. The number of anilines is 1. The number of sulfonamides is 1. The summed E-state index contributed by atoms with van der Waals surface area (Å²) < 4.78 is 27.3. The van der Waals surface area contributed by atoms with Gasteiger partial charge in [0, 0.05) is 36.4 Å². The zero-order valence-corrected chi connectivity index (χ0v) is 21.3. The summed E-state index contributed by atoms with van der Waals surface area (Å²) in [4.78, 5) is 25.4. The van der Waals surface area contributed by atoms with E-state index < -0.39 is 10.0 Å². The van der Waals surface area contributed by atoms with Crippen LogP contribution in [-0.2, 0) is 16.6 Å². The van der Waals surface area contributed by atoms with Crippen molar-refractivity contribution in [2.45, 2.75) is 39.1 Å². The van der Waals surface area contributed by atoms with E-state index in [1.54, 1.807) is 63.2 Å². The number of benzene rings is 3. The minimum absolute atomic E-state index is 0.134. The largest absolute Gasteiger partial charge is 0.348 e. The number of hydrogen-bond donors (Lipinski definition) is 2. The molecule has 2 N–H and O–H groups in total. The van der Waals surface area contributed by atoms with Gasteiger partial charge in [0.2, 0.25) is 10.0 Å². The Balaban J connectivity index is 1.70. The number of aryl methyl sites for hydroxylation is 2. The molecule has 0 saturated carbocycles. The minimum atomic E-state index is -3.68. The summed E-state index contributed by atoms with van der Waals surface area (Å²) >= 11 is 0. The van der Waals surface area contributed by atoms with Gasteiger partial charge in [-0.3, -0.25) is 9.59 Å². The van der Waals surface area contributed by atoms with Gasteiger partial charge in [-0.1, -0.05) is 49.7 Å². The maximum absolute atomic E-state index is 13.0. The highest BCUT2D eigenvalue weighted by molar-refractivity contribution is 7.89. The minimum Gasteiger partial charge on any atom is -0.348 e. The fraction of sp³-hybridized carbons (Fsp3) is 0.259. The van der Waals surface area contributed by atoms with Crippen LogP contribution in [0.2, 0.25) is 0 Å². The standard InChI is InChI=1S/C27H31N3O4S/c1-5-30(6-2)35(33,34)25-17-23(15-12-20(25)4)26(31)28-18-21-8-7-9-24(16-21)29-27(32)22-13-10-19(3)11-14-22/h7-17H,5-6,18H2,1-4H3,(H,28,31)(H,29,32). The van der Waals surface area contributed by atoms with Gasteiger partial charge in [0.25, 0.3) is 11.8 Å². The Kier molecular flexibility index (Phi) is 8.43. The topological polar surface area (TPSA) is 95.6 Å². The van der Waals surface area contributed by atoms with Crippen LogP contribution in [0.15, 0.2) is 71.6 Å². The number of nitrogens with one attached hydrogen (secondary N) is 2. The molecule has 0 aliphatic heterocycles. The average molecular weight is 494 g/mol. The number of amides is 2. The summed E-state index contributed by atoms with van der Waals surface area (Å²) in [5.74, 6) is -0.595. The fourth-order valence-corrected chi connectivity index (χ4v) is 5.38. The maximum atomic E-state index is 13.0. The Hall–Kier alpha value is -3.49. The van der Waals surface area contributed by atoms with Crippen LogP contribution in [0, 0.1) is 13.8 Å². The normalized spacial score (nSPS) is 11.3. The number of rotatable bonds is 9. The van der Waals surface area contributed by atoms with Gasteiger partial charge in [-0.25, -0.2) is 8.42 Å². The first-order valence-corrected chi connectivity index (χ1v) is 13.0. The van der Waals surface area contributed by atoms with Crippen molar-refractivity contribution in [1.29, 1.82) is 0 Å². The van der Waals surface area contributed by atoms with Gasteiger partial charge in [0.1, 0.15) is 0 Å². The number of nitrogens with zero attached hydrogens (tertiary/aromatic N) is 1. The third-order valence-corrected chi connectivity index (χ3v) is 7.92. The lowest BCUT2D eigenvalue weighted by Gasteiger charge is -2.20. The van der Waals surface area contributed by atoms with E-state index in [4.69, 9.17) is 0 Å². The molecule has 2 amide bonds. The first kappa shape index (κ1) is 26.1. The lowest BCUT2D eigenvalue weighted by atomic mass is 10.1. The van der Waals surface area contributed by atoms with Gasteiger partial charge in [0.05, 0.1) is 4.90 Å². The molecule has 8 heteroatoms. The van der Waals surface area contributed by atoms with Crippen molar-refractivity contribution in [3.63, 3.8) is 0 Å². The Morgan fingerprint density at radius 2 is 1.49 bits per heavy atom.